The Kier molecular flexibility index (Phi) is 5.07. The lowest BCUT2D eigenvalue weighted by atomic mass is 10.0. The Morgan fingerprint density at radius 3 is 1.93 bits per heavy atom. The molecule has 0 fully saturated rings. The average molecular weight is 515 g/mol. The van der Waals surface area contributed by atoms with Gasteiger partial charge in [0.05, 0.1) is 27.8 Å². The van der Waals surface area contributed by atoms with Crippen molar-refractivity contribution in [2.24, 2.45) is 0 Å². The van der Waals surface area contributed by atoms with Crippen LogP contribution in [0.15, 0.2) is 138 Å². The monoisotopic (exact) mass is 514 g/mol. The molecule has 0 saturated heterocycles. The first kappa shape index (κ1) is 22.4. The number of para-hydroxylation sites is 1. The Morgan fingerprint density at radius 1 is 0.550 bits per heavy atom. The molecule has 0 atom stereocenters. The van der Waals surface area contributed by atoms with Crippen LogP contribution in [0.1, 0.15) is 0 Å². The van der Waals surface area contributed by atoms with E-state index in [9.17, 15) is 0 Å². The van der Waals surface area contributed by atoms with Crippen LogP contribution in [0.25, 0.3) is 72.6 Å². The first-order chi connectivity index (χ1) is 19.8. The van der Waals surface area contributed by atoms with Gasteiger partial charge in [-0.3, -0.25) is 9.97 Å². The molecular weight excluding hydrogens is 492 g/mol. The molecule has 0 aliphatic carbocycles. The normalized spacial score (nSPS) is 11.5. The molecule has 0 N–H and O–H groups in total. The zero-order valence-electron chi connectivity index (χ0n) is 21.4. The van der Waals surface area contributed by atoms with E-state index in [-0.39, 0.29) is 0 Å². The first-order valence-corrected chi connectivity index (χ1v) is 13.2. The van der Waals surface area contributed by atoms with Crippen molar-refractivity contribution in [3.05, 3.63) is 134 Å². The summed E-state index contributed by atoms with van der Waals surface area (Å²) in [4.78, 5) is 14.1. The second-order valence-corrected chi connectivity index (χ2v) is 9.74. The Morgan fingerprint density at radius 2 is 1.23 bits per heavy atom. The van der Waals surface area contributed by atoms with Crippen molar-refractivity contribution < 1.29 is 4.42 Å². The van der Waals surface area contributed by atoms with Gasteiger partial charge in [0.2, 0.25) is 5.89 Å². The van der Waals surface area contributed by atoms with Gasteiger partial charge < -0.3 is 8.98 Å². The van der Waals surface area contributed by atoms with E-state index >= 15 is 0 Å². The lowest BCUT2D eigenvalue weighted by molar-refractivity contribution is 0.623. The molecule has 0 aliphatic rings. The molecule has 0 unspecified atom stereocenters. The van der Waals surface area contributed by atoms with Crippen LogP contribution in [0.5, 0.6) is 0 Å². The fraction of sp³-hybridized carbons (Fsp3) is 0. The zero-order chi connectivity index (χ0) is 26.5. The second kappa shape index (κ2) is 9.03. The smallest absolute Gasteiger partial charge is 0.227 e. The van der Waals surface area contributed by atoms with Gasteiger partial charge in [-0.2, -0.15) is 0 Å². The van der Waals surface area contributed by atoms with Crippen LogP contribution in [-0.4, -0.2) is 19.5 Å². The largest absolute Gasteiger partial charge is 0.435 e. The van der Waals surface area contributed by atoms with Crippen LogP contribution >= 0.6 is 0 Å². The van der Waals surface area contributed by atoms with Gasteiger partial charge in [-0.1, -0.05) is 48.5 Å². The molecule has 8 aromatic rings. The fourth-order valence-electron chi connectivity index (χ4n) is 5.52. The SMILES string of the molecule is c1ccc(-c2nc3ccc4c(c5ccccc5n4-c4cc(-c5ccccn5)cc(-c5ccccn5)c4)c3o2)cc1. The highest BCUT2D eigenvalue weighted by Gasteiger charge is 2.20. The second-order valence-electron chi connectivity index (χ2n) is 9.74. The van der Waals surface area contributed by atoms with Crippen molar-refractivity contribution in [3.63, 3.8) is 0 Å². The highest BCUT2D eigenvalue weighted by molar-refractivity contribution is 6.19. The first-order valence-electron chi connectivity index (χ1n) is 13.2. The third-order valence-electron chi connectivity index (χ3n) is 7.31. The Labute approximate surface area is 230 Å². The van der Waals surface area contributed by atoms with Gasteiger partial charge in [-0.15, -0.1) is 0 Å². The summed E-state index contributed by atoms with van der Waals surface area (Å²) in [6.45, 7) is 0. The van der Waals surface area contributed by atoms with E-state index in [1.54, 1.807) is 0 Å². The molecule has 4 aromatic carbocycles. The number of oxazole rings is 1. The maximum Gasteiger partial charge on any atom is 0.227 e. The topological polar surface area (TPSA) is 56.7 Å². The number of benzene rings is 4. The molecule has 8 rings (SSSR count). The standard InChI is InChI=1S/C35H22N4O/c1-2-10-23(11-3-1)35-38-30-16-17-32-33(34(30)40-35)27-12-4-5-15-31(27)39(32)26-21-24(28-13-6-8-18-36-28)20-25(22-26)29-14-7-9-19-37-29/h1-22H. The van der Waals surface area contributed by atoms with Crippen molar-refractivity contribution >= 4 is 32.9 Å². The minimum absolute atomic E-state index is 0.620. The summed E-state index contributed by atoms with van der Waals surface area (Å²) in [5, 5.41) is 2.16. The highest BCUT2D eigenvalue weighted by Crippen LogP contribution is 2.39. The summed E-state index contributed by atoms with van der Waals surface area (Å²) in [6.07, 6.45) is 3.65. The van der Waals surface area contributed by atoms with E-state index in [1.807, 2.05) is 85.2 Å². The summed E-state index contributed by atoms with van der Waals surface area (Å²) >= 11 is 0. The summed E-state index contributed by atoms with van der Waals surface area (Å²) in [6, 6.07) is 41.2. The highest BCUT2D eigenvalue weighted by atomic mass is 16.3. The number of fused-ring (bicyclic) bond motifs is 5. The molecule has 5 nitrogen and oxygen atoms in total. The molecule has 0 spiro atoms. The molecular formula is C35H22N4O. The molecule has 0 saturated carbocycles. The van der Waals surface area contributed by atoms with Gasteiger partial charge in [0.25, 0.3) is 0 Å². The predicted octanol–water partition coefficient (Wildman–Crippen LogP) is 8.72. The van der Waals surface area contributed by atoms with E-state index in [2.05, 4.69) is 63.1 Å². The maximum absolute atomic E-state index is 6.47. The van der Waals surface area contributed by atoms with Gasteiger partial charge in [0.15, 0.2) is 5.58 Å². The van der Waals surface area contributed by atoms with Gasteiger partial charge >= 0.3 is 0 Å². The zero-order valence-corrected chi connectivity index (χ0v) is 21.4. The predicted molar refractivity (Wildman–Crippen MR) is 160 cm³/mol. The summed E-state index contributed by atoms with van der Waals surface area (Å²) in [5.41, 5.74) is 9.62. The number of hydrogen-bond acceptors (Lipinski definition) is 4. The number of hydrogen-bond donors (Lipinski definition) is 0. The van der Waals surface area contributed by atoms with Crippen LogP contribution in [0.3, 0.4) is 0 Å². The van der Waals surface area contributed by atoms with E-state index < -0.39 is 0 Å². The Hall–Kier alpha value is -5.55. The van der Waals surface area contributed by atoms with Crippen molar-refractivity contribution in [1.82, 2.24) is 19.5 Å². The van der Waals surface area contributed by atoms with Crippen molar-refractivity contribution in [3.8, 4) is 39.7 Å². The van der Waals surface area contributed by atoms with Crippen LogP contribution in [0, 0.1) is 0 Å². The average Bonchev–Trinajstić information content (AvgIpc) is 3.62. The molecule has 40 heavy (non-hydrogen) atoms. The molecule has 188 valence electrons. The molecule has 0 aliphatic heterocycles. The van der Waals surface area contributed by atoms with Gasteiger partial charge in [-0.25, -0.2) is 4.98 Å². The summed E-state index contributed by atoms with van der Waals surface area (Å²) in [7, 11) is 0. The Balaban J connectivity index is 1.43. The molecule has 0 amide bonds. The minimum Gasteiger partial charge on any atom is -0.435 e. The number of aromatic nitrogens is 4. The lowest BCUT2D eigenvalue weighted by Gasteiger charge is -2.13. The van der Waals surface area contributed by atoms with Crippen LogP contribution in [0.2, 0.25) is 0 Å². The number of rotatable bonds is 4. The van der Waals surface area contributed by atoms with E-state index in [0.717, 1.165) is 66.7 Å². The van der Waals surface area contributed by atoms with Gasteiger partial charge in [0.1, 0.15) is 5.52 Å². The van der Waals surface area contributed by atoms with Gasteiger partial charge in [-0.05, 0) is 72.8 Å². The number of nitrogens with zero attached hydrogens (tertiary/aromatic N) is 4. The third kappa shape index (κ3) is 3.60. The van der Waals surface area contributed by atoms with E-state index in [0.29, 0.717) is 5.89 Å². The van der Waals surface area contributed by atoms with Gasteiger partial charge in [0, 0.05) is 40.2 Å². The van der Waals surface area contributed by atoms with Crippen LogP contribution < -0.4 is 0 Å². The van der Waals surface area contributed by atoms with E-state index in [1.165, 1.54) is 0 Å². The summed E-state index contributed by atoms with van der Waals surface area (Å²) in [5.74, 6) is 0.620. The molecule has 4 heterocycles. The van der Waals surface area contributed by atoms with Crippen molar-refractivity contribution in [1.29, 1.82) is 0 Å². The molecule has 5 heteroatoms. The minimum atomic E-state index is 0.620. The van der Waals surface area contributed by atoms with Crippen LogP contribution in [-0.2, 0) is 0 Å². The Bertz CT molecular complexity index is 2090. The lowest BCUT2D eigenvalue weighted by Crippen LogP contribution is -1.97. The molecule has 4 aromatic heterocycles. The van der Waals surface area contributed by atoms with Crippen LogP contribution in [0.4, 0.5) is 0 Å². The quantitative estimate of drug-likeness (QED) is 0.236. The molecule has 0 bridgehead atoms. The molecule has 0 radical (unpaired) electrons. The maximum atomic E-state index is 6.47. The van der Waals surface area contributed by atoms with E-state index in [4.69, 9.17) is 9.40 Å². The summed E-state index contributed by atoms with van der Waals surface area (Å²) < 4.78 is 8.77. The third-order valence-corrected chi connectivity index (χ3v) is 7.31. The van der Waals surface area contributed by atoms with Crippen molar-refractivity contribution in [2.45, 2.75) is 0 Å². The fourth-order valence-corrected chi connectivity index (χ4v) is 5.52. The number of pyridine rings is 2. The van der Waals surface area contributed by atoms with Crippen molar-refractivity contribution in [2.75, 3.05) is 0 Å².